The number of hydrogen-bond donors (Lipinski definition) is 0. The average Bonchev–Trinajstić information content (AvgIpc) is 2.23. The second-order valence-electron chi connectivity index (χ2n) is 9.01. The van der Waals surface area contributed by atoms with Crippen LogP contribution in [0.2, 0.25) is 19.6 Å². The van der Waals surface area contributed by atoms with Gasteiger partial charge in [-0.2, -0.15) is 0 Å². The van der Waals surface area contributed by atoms with Gasteiger partial charge in [0.05, 0.1) is 6.54 Å². The quantitative estimate of drug-likeness (QED) is 0.448. The molecule has 2 saturated heterocycles. The van der Waals surface area contributed by atoms with E-state index < -0.39 is 8.07 Å². The molecule has 0 unspecified atom stereocenters. The lowest BCUT2D eigenvalue weighted by atomic mass is 9.92. The molecule has 0 N–H and O–H groups in total. The number of carbonyl (C=O) groups is 1. The van der Waals surface area contributed by atoms with Gasteiger partial charge in [0, 0.05) is 38.6 Å². The molecule has 0 saturated carbocycles. The lowest BCUT2D eigenvalue weighted by Crippen LogP contribution is -2.65. The van der Waals surface area contributed by atoms with E-state index in [2.05, 4.69) is 40.9 Å². The highest BCUT2D eigenvalue weighted by molar-refractivity contribution is 6.83. The fraction of sp³-hybridized carbons (Fsp3) is 0.833. The Bertz CT molecular complexity index is 484. The molecule has 4 nitrogen and oxygen atoms in total. The Kier molecular flexibility index (Phi) is 5.60. The van der Waals surface area contributed by atoms with E-state index in [4.69, 9.17) is 4.74 Å². The summed E-state index contributed by atoms with van der Waals surface area (Å²) in [7, 11) is -1.21. The van der Waals surface area contributed by atoms with Crippen molar-refractivity contribution >= 4 is 14.0 Å². The molecule has 0 spiro atoms. The number of esters is 1. The maximum absolute atomic E-state index is 11.8. The molecule has 23 heavy (non-hydrogen) atoms. The maximum Gasteiger partial charge on any atom is 0.320 e. The highest BCUT2D eigenvalue weighted by atomic mass is 28.3. The van der Waals surface area contributed by atoms with Crippen LogP contribution in [0.4, 0.5) is 0 Å². The summed E-state index contributed by atoms with van der Waals surface area (Å²) in [5, 5.41) is 0. The smallest absolute Gasteiger partial charge is 0.320 e. The van der Waals surface area contributed by atoms with Gasteiger partial charge in [0.2, 0.25) is 0 Å². The minimum Gasteiger partial charge on any atom is -0.459 e. The second kappa shape index (κ2) is 6.96. The first-order valence-corrected chi connectivity index (χ1v) is 12.2. The van der Waals surface area contributed by atoms with Crippen LogP contribution in [0.25, 0.3) is 0 Å². The Morgan fingerprint density at radius 2 is 1.78 bits per heavy atom. The zero-order valence-electron chi connectivity index (χ0n) is 15.6. The molecule has 2 heterocycles. The molecule has 0 aromatic carbocycles. The zero-order chi connectivity index (χ0) is 17.3. The molecule has 2 fully saturated rings. The van der Waals surface area contributed by atoms with Crippen LogP contribution in [0.3, 0.4) is 0 Å². The van der Waals surface area contributed by atoms with Gasteiger partial charge in [-0.1, -0.05) is 19.6 Å². The van der Waals surface area contributed by atoms with Crippen LogP contribution >= 0.6 is 0 Å². The Hall–Kier alpha value is -0.833. The van der Waals surface area contributed by atoms with Crippen molar-refractivity contribution < 1.29 is 9.53 Å². The van der Waals surface area contributed by atoms with Crippen LogP contribution in [0, 0.1) is 17.4 Å². The number of likely N-dealkylation sites (tertiary alicyclic amines) is 2. The van der Waals surface area contributed by atoms with E-state index in [9.17, 15) is 4.79 Å². The minimum atomic E-state index is -1.21. The third-order valence-corrected chi connectivity index (χ3v) is 4.99. The van der Waals surface area contributed by atoms with Crippen LogP contribution < -0.4 is 0 Å². The summed E-state index contributed by atoms with van der Waals surface area (Å²) in [6.45, 7) is 17.4. The van der Waals surface area contributed by atoms with Crippen LogP contribution in [0.15, 0.2) is 0 Å². The zero-order valence-corrected chi connectivity index (χ0v) is 16.6. The second-order valence-corrected chi connectivity index (χ2v) is 13.8. The van der Waals surface area contributed by atoms with Crippen molar-refractivity contribution in [3.05, 3.63) is 0 Å². The van der Waals surface area contributed by atoms with E-state index in [1.54, 1.807) is 0 Å². The molecule has 2 aliphatic heterocycles. The highest BCUT2D eigenvalue weighted by Gasteiger charge is 2.39. The first-order chi connectivity index (χ1) is 10.5. The lowest BCUT2D eigenvalue weighted by molar-refractivity contribution is -0.158. The number of nitrogens with zero attached hydrogens (tertiary/aromatic N) is 2. The molecule has 2 rings (SSSR count). The summed E-state index contributed by atoms with van der Waals surface area (Å²) < 4.78 is 5.36. The number of hydrogen-bond acceptors (Lipinski definition) is 4. The van der Waals surface area contributed by atoms with Crippen LogP contribution in [0.5, 0.6) is 0 Å². The van der Waals surface area contributed by atoms with E-state index in [0.717, 1.165) is 25.4 Å². The van der Waals surface area contributed by atoms with E-state index in [-0.39, 0.29) is 11.6 Å². The summed E-state index contributed by atoms with van der Waals surface area (Å²) >= 11 is 0. The lowest BCUT2D eigenvalue weighted by Gasteiger charge is -2.51. The van der Waals surface area contributed by atoms with Gasteiger partial charge < -0.3 is 4.74 Å². The van der Waals surface area contributed by atoms with E-state index in [0.29, 0.717) is 12.6 Å². The largest absolute Gasteiger partial charge is 0.459 e. The van der Waals surface area contributed by atoms with E-state index in [1.165, 1.54) is 13.1 Å². The Balaban J connectivity index is 1.59. The summed E-state index contributed by atoms with van der Waals surface area (Å²) in [6, 6.07) is 0.624. The van der Waals surface area contributed by atoms with Crippen molar-refractivity contribution in [1.82, 2.24) is 9.80 Å². The standard InChI is InChI=1S/C18H32N2O2Si/c1-18(2,3)22-17(21)14-19-12-16(13-19)20-10-15(11-20)8-7-9-23(4,5)6/h15-16H,8,10-14H2,1-6H3. The maximum atomic E-state index is 11.8. The molecule has 0 radical (unpaired) electrons. The average molecular weight is 337 g/mol. The fourth-order valence-corrected chi connectivity index (χ4v) is 3.59. The van der Waals surface area contributed by atoms with Crippen LogP contribution in [-0.2, 0) is 9.53 Å². The molecule has 0 bridgehead atoms. The SMILES string of the molecule is CC(C)(C)OC(=O)CN1CC(N2CC(CC#C[Si](C)(C)C)C2)C1. The van der Waals surface area contributed by atoms with Crippen molar-refractivity contribution in [2.45, 2.75) is 58.5 Å². The van der Waals surface area contributed by atoms with Crippen LogP contribution in [0.1, 0.15) is 27.2 Å². The van der Waals surface area contributed by atoms with Gasteiger partial charge in [0.15, 0.2) is 0 Å². The van der Waals surface area contributed by atoms with Gasteiger partial charge >= 0.3 is 5.97 Å². The predicted molar refractivity (Wildman–Crippen MR) is 96.9 cm³/mol. The summed E-state index contributed by atoms with van der Waals surface area (Å²) in [4.78, 5) is 16.5. The fourth-order valence-electron chi connectivity index (χ4n) is 2.96. The van der Waals surface area contributed by atoms with Gasteiger partial charge in [0.25, 0.3) is 0 Å². The van der Waals surface area contributed by atoms with Crippen molar-refractivity contribution in [1.29, 1.82) is 0 Å². The molecule has 0 aromatic heterocycles. The molecular weight excluding hydrogens is 304 g/mol. The van der Waals surface area contributed by atoms with Gasteiger partial charge in [0.1, 0.15) is 13.7 Å². The topological polar surface area (TPSA) is 32.8 Å². The van der Waals surface area contributed by atoms with Crippen molar-refractivity contribution in [2.24, 2.45) is 5.92 Å². The van der Waals surface area contributed by atoms with Gasteiger partial charge in [-0.05, 0) is 26.7 Å². The molecule has 0 aromatic rings. The van der Waals surface area contributed by atoms with E-state index in [1.807, 2.05) is 20.8 Å². The first-order valence-electron chi connectivity index (χ1n) is 8.70. The van der Waals surface area contributed by atoms with Gasteiger partial charge in [-0.3, -0.25) is 14.6 Å². The number of carbonyl (C=O) groups excluding carboxylic acids is 1. The third kappa shape index (κ3) is 6.29. The molecule has 0 aliphatic carbocycles. The van der Waals surface area contributed by atoms with Crippen molar-refractivity contribution in [2.75, 3.05) is 32.7 Å². The normalized spacial score (nSPS) is 21.1. The van der Waals surface area contributed by atoms with Crippen molar-refractivity contribution in [3.63, 3.8) is 0 Å². The summed E-state index contributed by atoms with van der Waals surface area (Å²) in [5.74, 6) is 4.03. The molecule has 0 amide bonds. The Morgan fingerprint density at radius 3 is 2.30 bits per heavy atom. The molecule has 2 aliphatic rings. The Labute approximate surface area is 142 Å². The first kappa shape index (κ1) is 18.5. The monoisotopic (exact) mass is 336 g/mol. The highest BCUT2D eigenvalue weighted by Crippen LogP contribution is 2.26. The summed E-state index contributed by atoms with van der Waals surface area (Å²) in [5.41, 5.74) is 3.07. The molecule has 130 valence electrons. The van der Waals surface area contributed by atoms with E-state index >= 15 is 0 Å². The Morgan fingerprint density at radius 1 is 1.17 bits per heavy atom. The number of rotatable bonds is 4. The molecule has 5 heteroatoms. The van der Waals surface area contributed by atoms with Crippen molar-refractivity contribution in [3.8, 4) is 11.5 Å². The molecular formula is C18H32N2O2Si. The third-order valence-electron chi connectivity index (χ3n) is 4.07. The summed E-state index contributed by atoms with van der Waals surface area (Å²) in [6.07, 6.45) is 1.05. The van der Waals surface area contributed by atoms with Crippen LogP contribution in [-0.4, -0.2) is 68.2 Å². The van der Waals surface area contributed by atoms with Gasteiger partial charge in [-0.25, -0.2) is 0 Å². The molecule has 0 atom stereocenters. The number of ether oxygens (including phenoxy) is 1. The van der Waals surface area contributed by atoms with Gasteiger partial charge in [-0.15, -0.1) is 11.5 Å². The minimum absolute atomic E-state index is 0.112. The predicted octanol–water partition coefficient (Wildman–Crippen LogP) is 2.21.